The van der Waals surface area contributed by atoms with Crippen LogP contribution in [-0.4, -0.2) is 14.5 Å². The fourth-order valence-electron chi connectivity index (χ4n) is 11.1. The highest BCUT2D eigenvalue weighted by molar-refractivity contribution is 6.25. The molecule has 14 rings (SSSR count). The van der Waals surface area contributed by atoms with Gasteiger partial charge in [0.15, 0.2) is 0 Å². The van der Waals surface area contributed by atoms with Crippen LogP contribution < -0.4 is 0 Å². The molecule has 0 aliphatic carbocycles. The van der Waals surface area contributed by atoms with E-state index in [1.807, 2.05) is 12.4 Å². The van der Waals surface area contributed by atoms with Gasteiger partial charge in [0.05, 0.1) is 22.1 Å². The van der Waals surface area contributed by atoms with E-state index in [2.05, 4.69) is 229 Å². The molecule has 11 aromatic carbocycles. The number of rotatable bonds is 5. The van der Waals surface area contributed by atoms with Gasteiger partial charge in [-0.3, -0.25) is 9.97 Å². The molecule has 0 aliphatic rings. The van der Waals surface area contributed by atoms with Crippen molar-refractivity contribution in [2.45, 2.75) is 0 Å². The fraction of sp³-hybridized carbons (Fsp3) is 0. The Morgan fingerprint density at radius 3 is 0.970 bits per heavy atom. The normalized spacial score (nSPS) is 11.9. The Kier molecular flexibility index (Phi) is 8.28. The van der Waals surface area contributed by atoms with Gasteiger partial charge in [-0.1, -0.05) is 164 Å². The van der Waals surface area contributed by atoms with Gasteiger partial charge in [0.2, 0.25) is 0 Å². The van der Waals surface area contributed by atoms with Crippen molar-refractivity contribution in [3.63, 3.8) is 0 Å². The molecule has 0 fully saturated rings. The Bertz CT molecular complexity index is 3960. The van der Waals surface area contributed by atoms with Gasteiger partial charge in [0.25, 0.3) is 0 Å². The number of benzene rings is 11. The lowest BCUT2D eigenvalue weighted by atomic mass is 9.85. The average molecular weight is 850 g/mol. The van der Waals surface area contributed by atoms with Crippen LogP contribution in [0, 0.1) is 0 Å². The maximum Gasteiger partial charge on any atom is 0.0702 e. The van der Waals surface area contributed by atoms with E-state index < -0.39 is 0 Å². The molecule has 3 nitrogen and oxygen atoms in total. The highest BCUT2D eigenvalue weighted by atomic mass is 15.0. The Balaban J connectivity index is 1.03. The van der Waals surface area contributed by atoms with Gasteiger partial charge in [-0.05, 0) is 137 Å². The van der Waals surface area contributed by atoms with Crippen molar-refractivity contribution >= 4 is 86.7 Å². The lowest BCUT2D eigenvalue weighted by Crippen LogP contribution is -1.94. The Morgan fingerprint density at radius 2 is 0.582 bits per heavy atom. The molecule has 0 N–H and O–H groups in total. The first-order chi connectivity index (χ1) is 33.2. The van der Waals surface area contributed by atoms with E-state index in [1.165, 1.54) is 98.3 Å². The van der Waals surface area contributed by atoms with E-state index in [1.54, 1.807) is 0 Å². The van der Waals surface area contributed by atoms with Crippen LogP contribution in [0.15, 0.2) is 237 Å². The van der Waals surface area contributed by atoms with Crippen molar-refractivity contribution in [2.75, 3.05) is 0 Å². The molecular formula is C64H39N3. The van der Waals surface area contributed by atoms with E-state index in [4.69, 9.17) is 9.97 Å². The molecule has 0 aliphatic heterocycles. The third-order valence-electron chi connectivity index (χ3n) is 14.0. The van der Waals surface area contributed by atoms with Gasteiger partial charge in [0.1, 0.15) is 0 Å². The van der Waals surface area contributed by atoms with Crippen molar-refractivity contribution in [3.8, 4) is 50.2 Å². The van der Waals surface area contributed by atoms with Crippen LogP contribution in [-0.2, 0) is 0 Å². The molecule has 0 atom stereocenters. The number of pyridine rings is 2. The highest BCUT2D eigenvalue weighted by Gasteiger charge is 2.22. The topological polar surface area (TPSA) is 30.7 Å². The predicted molar refractivity (Wildman–Crippen MR) is 283 cm³/mol. The Hall–Kier alpha value is -8.92. The van der Waals surface area contributed by atoms with Gasteiger partial charge in [-0.15, -0.1) is 0 Å². The molecule has 14 aromatic rings. The second-order valence-electron chi connectivity index (χ2n) is 17.7. The molecule has 0 amide bonds. The first-order valence-electron chi connectivity index (χ1n) is 23.0. The number of para-hydroxylation sites is 3. The Morgan fingerprint density at radius 1 is 0.254 bits per heavy atom. The van der Waals surface area contributed by atoms with Crippen LogP contribution in [0.5, 0.6) is 0 Å². The van der Waals surface area contributed by atoms with Gasteiger partial charge in [-0.25, -0.2) is 0 Å². The minimum absolute atomic E-state index is 1.000. The summed E-state index contributed by atoms with van der Waals surface area (Å²) >= 11 is 0. The summed E-state index contributed by atoms with van der Waals surface area (Å²) < 4.78 is 2.43. The van der Waals surface area contributed by atoms with E-state index in [-0.39, 0.29) is 0 Å². The fourth-order valence-corrected chi connectivity index (χ4v) is 11.1. The molecule has 310 valence electrons. The first kappa shape index (κ1) is 37.5. The maximum atomic E-state index is 4.93. The zero-order valence-electron chi connectivity index (χ0n) is 36.4. The van der Waals surface area contributed by atoms with Gasteiger partial charge >= 0.3 is 0 Å². The summed E-state index contributed by atoms with van der Waals surface area (Å²) in [5.41, 5.74) is 15.0. The maximum absolute atomic E-state index is 4.93. The van der Waals surface area contributed by atoms with Gasteiger partial charge < -0.3 is 4.57 Å². The summed E-state index contributed by atoms with van der Waals surface area (Å²) in [4.78, 5) is 9.86. The third kappa shape index (κ3) is 5.78. The molecule has 0 saturated carbocycles. The Labute approximate surface area is 386 Å². The molecular weight excluding hydrogens is 811 g/mol. The van der Waals surface area contributed by atoms with E-state index >= 15 is 0 Å². The summed E-state index contributed by atoms with van der Waals surface area (Å²) in [6.07, 6.45) is 4.08. The van der Waals surface area contributed by atoms with Crippen LogP contribution in [0.25, 0.3) is 137 Å². The molecule has 3 heterocycles. The number of hydrogen-bond donors (Lipinski definition) is 0. The summed E-state index contributed by atoms with van der Waals surface area (Å²) in [5, 5.41) is 14.4. The summed E-state index contributed by atoms with van der Waals surface area (Å²) in [7, 11) is 0. The molecule has 67 heavy (non-hydrogen) atoms. The minimum atomic E-state index is 1.000. The first-order valence-corrected chi connectivity index (χ1v) is 23.0. The van der Waals surface area contributed by atoms with Crippen LogP contribution in [0.4, 0.5) is 0 Å². The number of aromatic nitrogens is 3. The average Bonchev–Trinajstić information content (AvgIpc) is 3.72. The van der Waals surface area contributed by atoms with Crippen LogP contribution in [0.3, 0.4) is 0 Å². The molecule has 3 aromatic heterocycles. The van der Waals surface area contributed by atoms with Gasteiger partial charge in [-0.2, -0.15) is 0 Å². The standard InChI is InChI=1S/C64H39N3/c1-2-18-46(19-3-1)67-59-32-30-42(61-47-20-6-10-24-51(47)63(52-25-11-7-21-48(52)61)44-34-40-16-4-14-28-57(40)65-38-44)36-55(59)56-37-43(31-33-60(56)67)62-49-22-8-12-26-53(49)64(54-27-13-9-23-50(54)62)45-35-41-17-5-15-29-58(41)66-39-45/h1-39H. The largest absolute Gasteiger partial charge is 0.309 e. The predicted octanol–water partition coefficient (Wildman–Crippen LogP) is 17.2. The highest BCUT2D eigenvalue weighted by Crippen LogP contribution is 2.48. The number of nitrogens with zero attached hydrogens (tertiary/aromatic N) is 3. The quantitative estimate of drug-likeness (QED) is 0.162. The molecule has 0 bridgehead atoms. The van der Waals surface area contributed by atoms with E-state index in [0.29, 0.717) is 0 Å². The molecule has 3 heteroatoms. The summed E-state index contributed by atoms with van der Waals surface area (Å²) in [5.74, 6) is 0. The number of hydrogen-bond acceptors (Lipinski definition) is 2. The van der Waals surface area contributed by atoms with E-state index in [0.717, 1.165) is 38.6 Å². The zero-order chi connectivity index (χ0) is 44.0. The van der Waals surface area contributed by atoms with Crippen LogP contribution in [0.2, 0.25) is 0 Å². The molecule has 0 unspecified atom stereocenters. The van der Waals surface area contributed by atoms with Crippen molar-refractivity contribution in [1.82, 2.24) is 14.5 Å². The summed E-state index contributed by atoms with van der Waals surface area (Å²) in [6.45, 7) is 0. The molecule has 0 saturated heterocycles. The van der Waals surface area contributed by atoms with Crippen molar-refractivity contribution in [3.05, 3.63) is 237 Å². The van der Waals surface area contributed by atoms with Crippen molar-refractivity contribution in [2.24, 2.45) is 0 Å². The second kappa shape index (κ2) is 14.8. The van der Waals surface area contributed by atoms with Gasteiger partial charge in [0, 0.05) is 50.8 Å². The minimum Gasteiger partial charge on any atom is -0.309 e. The second-order valence-corrected chi connectivity index (χ2v) is 17.7. The lowest BCUT2D eigenvalue weighted by Gasteiger charge is -2.18. The van der Waals surface area contributed by atoms with E-state index in [9.17, 15) is 0 Å². The van der Waals surface area contributed by atoms with Crippen molar-refractivity contribution in [1.29, 1.82) is 0 Å². The monoisotopic (exact) mass is 849 g/mol. The van der Waals surface area contributed by atoms with Crippen LogP contribution in [0.1, 0.15) is 0 Å². The lowest BCUT2D eigenvalue weighted by molar-refractivity contribution is 1.18. The molecule has 0 spiro atoms. The zero-order valence-corrected chi connectivity index (χ0v) is 36.4. The van der Waals surface area contributed by atoms with Crippen molar-refractivity contribution < 1.29 is 0 Å². The number of fused-ring (bicyclic) bond motifs is 9. The van der Waals surface area contributed by atoms with Crippen LogP contribution >= 0.6 is 0 Å². The summed E-state index contributed by atoms with van der Waals surface area (Å²) in [6, 6.07) is 81.9. The smallest absolute Gasteiger partial charge is 0.0702 e. The third-order valence-corrected chi connectivity index (χ3v) is 14.0. The SMILES string of the molecule is c1ccc(-n2c3ccc(-c4c5ccccc5c(-c5cnc6ccccc6c5)c5ccccc45)cc3c3cc(-c4c5ccccc5c(-c5cnc6ccccc6c5)c5ccccc45)ccc32)cc1. The molecule has 0 radical (unpaired) electrons.